The van der Waals surface area contributed by atoms with E-state index >= 15 is 0 Å². The van der Waals surface area contributed by atoms with Gasteiger partial charge in [0.25, 0.3) is 0 Å². The molecule has 0 spiro atoms. The molecule has 5 heteroatoms. The number of benzodiazepines with no additional fused rings is 1. The van der Waals surface area contributed by atoms with Crippen LogP contribution in [0.5, 0.6) is 0 Å². The number of carbonyl (C=O) groups excluding carboxylic acids is 1. The fourth-order valence-corrected chi connectivity index (χ4v) is 2.39. The van der Waals surface area contributed by atoms with Crippen molar-refractivity contribution in [3.8, 4) is 0 Å². The van der Waals surface area contributed by atoms with Gasteiger partial charge in [0.15, 0.2) is 0 Å². The molecule has 1 amide bonds. The predicted molar refractivity (Wildman–Crippen MR) is 73.7 cm³/mol. The van der Waals surface area contributed by atoms with Crippen molar-refractivity contribution in [2.45, 2.75) is 0 Å². The first kappa shape index (κ1) is 12.3. The van der Waals surface area contributed by atoms with Crippen molar-refractivity contribution >= 4 is 17.3 Å². The molecule has 0 radical (unpaired) electrons. The molecule has 3 rings (SSSR count). The van der Waals surface area contributed by atoms with Gasteiger partial charge in [-0.2, -0.15) is 0 Å². The Morgan fingerprint density at radius 1 is 1.26 bits per heavy atom. The maximum absolute atomic E-state index is 11.6. The molecule has 2 aliphatic heterocycles. The molecule has 100 valence electrons. The SMILES string of the molecule is O=C1CN=C(CN2CCOCC2)c2ccccc2N1. The van der Waals surface area contributed by atoms with E-state index in [0.29, 0.717) is 0 Å². The highest BCUT2D eigenvalue weighted by Gasteiger charge is 2.19. The van der Waals surface area contributed by atoms with Gasteiger partial charge >= 0.3 is 0 Å². The Bertz CT molecular complexity index is 507. The number of aliphatic imine (C=N–C) groups is 1. The number of amides is 1. The average Bonchev–Trinajstić information content (AvgIpc) is 2.60. The molecule has 1 saturated heterocycles. The maximum atomic E-state index is 11.6. The Balaban J connectivity index is 1.84. The van der Waals surface area contributed by atoms with Gasteiger partial charge < -0.3 is 10.1 Å². The lowest BCUT2D eigenvalue weighted by Crippen LogP contribution is -2.39. The molecule has 0 aromatic heterocycles. The van der Waals surface area contributed by atoms with Gasteiger partial charge in [0, 0.05) is 30.9 Å². The zero-order chi connectivity index (χ0) is 13.1. The van der Waals surface area contributed by atoms with Crippen molar-refractivity contribution in [3.63, 3.8) is 0 Å². The van der Waals surface area contributed by atoms with E-state index in [1.165, 1.54) is 0 Å². The molecule has 0 bridgehead atoms. The number of nitrogens with one attached hydrogen (secondary N) is 1. The van der Waals surface area contributed by atoms with Gasteiger partial charge in [0.1, 0.15) is 6.54 Å². The van der Waals surface area contributed by atoms with E-state index in [1.807, 2.05) is 24.3 Å². The van der Waals surface area contributed by atoms with E-state index in [0.717, 1.165) is 49.8 Å². The summed E-state index contributed by atoms with van der Waals surface area (Å²) in [5.74, 6) is -0.0515. The van der Waals surface area contributed by atoms with Crippen molar-refractivity contribution in [1.29, 1.82) is 0 Å². The lowest BCUT2D eigenvalue weighted by molar-refractivity contribution is -0.114. The van der Waals surface area contributed by atoms with Crippen molar-refractivity contribution < 1.29 is 9.53 Å². The molecule has 0 saturated carbocycles. The summed E-state index contributed by atoms with van der Waals surface area (Å²) in [4.78, 5) is 18.4. The Kier molecular flexibility index (Phi) is 3.57. The van der Waals surface area contributed by atoms with E-state index < -0.39 is 0 Å². The van der Waals surface area contributed by atoms with E-state index in [1.54, 1.807) is 0 Å². The van der Waals surface area contributed by atoms with Crippen LogP contribution in [0, 0.1) is 0 Å². The Labute approximate surface area is 112 Å². The zero-order valence-electron chi connectivity index (χ0n) is 10.8. The minimum Gasteiger partial charge on any atom is -0.379 e. The molecule has 1 aromatic carbocycles. The summed E-state index contributed by atoms with van der Waals surface area (Å²) < 4.78 is 5.35. The number of benzene rings is 1. The number of nitrogens with zero attached hydrogens (tertiary/aromatic N) is 2. The van der Waals surface area contributed by atoms with Crippen LogP contribution in [0.15, 0.2) is 29.3 Å². The highest BCUT2D eigenvalue weighted by molar-refractivity contribution is 6.11. The Morgan fingerprint density at radius 2 is 2.05 bits per heavy atom. The maximum Gasteiger partial charge on any atom is 0.246 e. The van der Waals surface area contributed by atoms with Crippen molar-refractivity contribution in [2.24, 2.45) is 4.99 Å². The van der Waals surface area contributed by atoms with Crippen LogP contribution >= 0.6 is 0 Å². The molecule has 0 aliphatic carbocycles. The summed E-state index contributed by atoms with van der Waals surface area (Å²) in [6.45, 7) is 4.35. The van der Waals surface area contributed by atoms with Crippen LogP contribution in [0.1, 0.15) is 5.56 Å². The summed E-state index contributed by atoms with van der Waals surface area (Å²) in [5, 5.41) is 2.89. The molecule has 2 heterocycles. The van der Waals surface area contributed by atoms with E-state index in [2.05, 4.69) is 15.2 Å². The normalized spacial score (nSPS) is 20.2. The van der Waals surface area contributed by atoms with Gasteiger partial charge in [-0.3, -0.25) is 14.7 Å². The average molecular weight is 259 g/mol. The molecular weight excluding hydrogens is 242 g/mol. The number of hydrogen-bond donors (Lipinski definition) is 1. The predicted octanol–water partition coefficient (Wildman–Crippen LogP) is 0.760. The van der Waals surface area contributed by atoms with Gasteiger partial charge in [-0.15, -0.1) is 0 Å². The quantitative estimate of drug-likeness (QED) is 0.853. The largest absolute Gasteiger partial charge is 0.379 e. The minimum absolute atomic E-state index is 0.0515. The number of carbonyl (C=O) groups is 1. The monoisotopic (exact) mass is 259 g/mol. The summed E-state index contributed by atoms with van der Waals surface area (Å²) in [6.07, 6.45) is 0. The van der Waals surface area contributed by atoms with Crippen LogP contribution in [0.4, 0.5) is 5.69 Å². The minimum atomic E-state index is -0.0515. The van der Waals surface area contributed by atoms with Crippen LogP contribution in [-0.4, -0.2) is 55.9 Å². The van der Waals surface area contributed by atoms with Crippen molar-refractivity contribution in [3.05, 3.63) is 29.8 Å². The third kappa shape index (κ3) is 2.83. The number of morpholine rings is 1. The summed E-state index contributed by atoms with van der Waals surface area (Å²) in [5.41, 5.74) is 2.87. The van der Waals surface area contributed by atoms with E-state index in [9.17, 15) is 4.79 Å². The highest BCUT2D eigenvalue weighted by Crippen LogP contribution is 2.19. The highest BCUT2D eigenvalue weighted by atomic mass is 16.5. The van der Waals surface area contributed by atoms with Crippen molar-refractivity contribution in [1.82, 2.24) is 4.90 Å². The van der Waals surface area contributed by atoms with Gasteiger partial charge in [0.05, 0.1) is 18.9 Å². The number of para-hydroxylation sites is 1. The molecule has 5 nitrogen and oxygen atoms in total. The Morgan fingerprint density at radius 3 is 2.89 bits per heavy atom. The molecule has 0 unspecified atom stereocenters. The first-order valence-corrected chi connectivity index (χ1v) is 6.55. The van der Waals surface area contributed by atoms with Gasteiger partial charge in [0.2, 0.25) is 5.91 Å². The Hall–Kier alpha value is -1.72. The molecule has 19 heavy (non-hydrogen) atoms. The summed E-state index contributed by atoms with van der Waals surface area (Å²) in [6, 6.07) is 7.84. The lowest BCUT2D eigenvalue weighted by atomic mass is 10.1. The molecule has 1 fully saturated rings. The van der Waals surface area contributed by atoms with Crippen LogP contribution in [0.25, 0.3) is 0 Å². The first-order valence-electron chi connectivity index (χ1n) is 6.55. The third-order valence-electron chi connectivity index (χ3n) is 3.40. The molecule has 0 atom stereocenters. The number of rotatable bonds is 2. The summed E-state index contributed by atoms with van der Waals surface area (Å²) in [7, 11) is 0. The van der Waals surface area contributed by atoms with Gasteiger partial charge in [-0.05, 0) is 6.07 Å². The number of anilines is 1. The fraction of sp³-hybridized carbons (Fsp3) is 0.429. The van der Waals surface area contributed by atoms with Gasteiger partial charge in [-0.1, -0.05) is 18.2 Å². The molecular formula is C14H17N3O2. The number of ether oxygens (including phenoxy) is 1. The molecule has 1 aromatic rings. The lowest BCUT2D eigenvalue weighted by Gasteiger charge is -2.27. The van der Waals surface area contributed by atoms with E-state index in [-0.39, 0.29) is 12.5 Å². The van der Waals surface area contributed by atoms with Crippen LogP contribution < -0.4 is 5.32 Å². The van der Waals surface area contributed by atoms with Crippen LogP contribution in [-0.2, 0) is 9.53 Å². The van der Waals surface area contributed by atoms with Crippen molar-refractivity contribution in [2.75, 3.05) is 44.7 Å². The number of fused-ring (bicyclic) bond motifs is 1. The smallest absolute Gasteiger partial charge is 0.246 e. The second-order valence-electron chi connectivity index (χ2n) is 4.75. The first-order chi connectivity index (χ1) is 9.33. The fourth-order valence-electron chi connectivity index (χ4n) is 2.39. The third-order valence-corrected chi connectivity index (χ3v) is 3.40. The topological polar surface area (TPSA) is 53.9 Å². The van der Waals surface area contributed by atoms with Gasteiger partial charge in [-0.25, -0.2) is 0 Å². The van der Waals surface area contributed by atoms with E-state index in [4.69, 9.17) is 4.74 Å². The second kappa shape index (κ2) is 5.50. The van der Waals surface area contributed by atoms with Crippen LogP contribution in [0.3, 0.4) is 0 Å². The zero-order valence-corrected chi connectivity index (χ0v) is 10.8. The second-order valence-corrected chi connectivity index (χ2v) is 4.75. The number of hydrogen-bond acceptors (Lipinski definition) is 4. The molecule has 1 N–H and O–H groups in total. The van der Waals surface area contributed by atoms with Crippen LogP contribution in [0.2, 0.25) is 0 Å². The molecule has 2 aliphatic rings. The summed E-state index contributed by atoms with van der Waals surface area (Å²) >= 11 is 0. The standard InChI is InChI=1S/C14H17N3O2/c18-14-9-15-13(10-17-5-7-19-8-6-17)11-3-1-2-4-12(11)16-14/h1-4H,5-10H2,(H,16,18).